The molecule has 0 aromatic carbocycles. The van der Waals surface area contributed by atoms with E-state index in [2.05, 4.69) is 0 Å². The van der Waals surface area contributed by atoms with Crippen molar-refractivity contribution >= 4 is 0 Å². The smallest absolute Gasteiger partial charge is 0.138 e. The van der Waals surface area contributed by atoms with Crippen molar-refractivity contribution < 1.29 is 14.9 Å². The van der Waals surface area contributed by atoms with Gasteiger partial charge in [0.25, 0.3) is 0 Å². The summed E-state index contributed by atoms with van der Waals surface area (Å²) >= 11 is 0. The molecule has 1 fully saturated rings. The van der Waals surface area contributed by atoms with Gasteiger partial charge in [-0.1, -0.05) is 0 Å². The largest absolute Gasteiger partial charge is 0.486 e. The van der Waals surface area contributed by atoms with Crippen molar-refractivity contribution in [3.8, 4) is 0 Å². The fourth-order valence-corrected chi connectivity index (χ4v) is 1.29. The average molecular weight is 142 g/mol. The van der Waals surface area contributed by atoms with Crippen molar-refractivity contribution in [1.29, 1.82) is 0 Å². The molecule has 1 spiro atoms. The summed E-state index contributed by atoms with van der Waals surface area (Å²) in [7, 11) is 0. The highest BCUT2D eigenvalue weighted by molar-refractivity contribution is 5.20. The topological polar surface area (TPSA) is 49.7 Å². The predicted octanol–water partition coefficient (Wildman–Crippen LogP) is -0.214. The molecule has 2 rings (SSSR count). The van der Waals surface area contributed by atoms with Gasteiger partial charge in [0.15, 0.2) is 0 Å². The molecular weight excluding hydrogens is 132 g/mol. The molecule has 0 unspecified atom stereocenters. The molecule has 0 radical (unpaired) electrons. The van der Waals surface area contributed by atoms with Crippen LogP contribution in [0.15, 0.2) is 11.8 Å². The van der Waals surface area contributed by atoms with Crippen LogP contribution in [0.2, 0.25) is 0 Å². The molecule has 0 aromatic rings. The third kappa shape index (κ3) is 0.676. The summed E-state index contributed by atoms with van der Waals surface area (Å²) < 4.78 is 5.28. The normalized spacial score (nSPS) is 33.8. The first-order valence-corrected chi connectivity index (χ1v) is 3.45. The third-order valence-corrected chi connectivity index (χ3v) is 2.12. The molecule has 0 saturated heterocycles. The van der Waals surface area contributed by atoms with Crippen molar-refractivity contribution in [2.75, 3.05) is 6.61 Å². The summed E-state index contributed by atoms with van der Waals surface area (Å²) in [6, 6.07) is 0. The van der Waals surface area contributed by atoms with Crippen molar-refractivity contribution in [3.63, 3.8) is 0 Å². The monoisotopic (exact) mass is 142 g/mol. The number of hydrogen-bond donors (Lipinski definition) is 2. The Kier molecular flexibility index (Phi) is 1.08. The molecule has 2 N–H and O–H groups in total. The molecular formula is C7H10O3. The van der Waals surface area contributed by atoms with Gasteiger partial charge < -0.3 is 14.9 Å². The molecule has 56 valence electrons. The van der Waals surface area contributed by atoms with E-state index in [4.69, 9.17) is 9.84 Å². The van der Waals surface area contributed by atoms with Gasteiger partial charge in [-0.15, -0.1) is 0 Å². The SMILES string of the molecule is OCC1=C[C@@H](O)C2(CC2)O1. The standard InChI is InChI=1S/C7H10O3/c8-4-5-3-6(9)7(10-5)1-2-7/h3,6,8-9H,1-2,4H2/t6-/m1/s1. The lowest BCUT2D eigenvalue weighted by Gasteiger charge is -2.12. The van der Waals surface area contributed by atoms with Crippen molar-refractivity contribution in [3.05, 3.63) is 11.8 Å². The lowest BCUT2D eigenvalue weighted by Crippen LogP contribution is -2.22. The maximum atomic E-state index is 9.31. The van der Waals surface area contributed by atoms with Crippen molar-refractivity contribution in [1.82, 2.24) is 0 Å². The van der Waals surface area contributed by atoms with Crippen LogP contribution in [-0.4, -0.2) is 28.5 Å². The zero-order valence-electron chi connectivity index (χ0n) is 5.58. The summed E-state index contributed by atoms with van der Waals surface area (Å²) in [6.07, 6.45) is 2.92. The van der Waals surface area contributed by atoms with Gasteiger partial charge in [0.1, 0.15) is 24.1 Å². The maximum Gasteiger partial charge on any atom is 0.138 e. The second-order valence-electron chi connectivity index (χ2n) is 2.90. The van der Waals surface area contributed by atoms with E-state index >= 15 is 0 Å². The maximum absolute atomic E-state index is 9.31. The molecule has 3 heteroatoms. The van der Waals surface area contributed by atoms with E-state index in [9.17, 15) is 5.11 Å². The number of ether oxygens (including phenoxy) is 1. The average Bonchev–Trinajstić information content (AvgIpc) is 2.60. The van der Waals surface area contributed by atoms with Crippen LogP contribution in [0.4, 0.5) is 0 Å². The Morgan fingerprint density at radius 2 is 2.40 bits per heavy atom. The van der Waals surface area contributed by atoms with Crippen LogP contribution >= 0.6 is 0 Å². The molecule has 1 saturated carbocycles. The Hall–Kier alpha value is -0.540. The van der Waals surface area contributed by atoms with Crippen molar-refractivity contribution in [2.45, 2.75) is 24.5 Å². The van der Waals surface area contributed by atoms with E-state index in [0.717, 1.165) is 12.8 Å². The van der Waals surface area contributed by atoms with Gasteiger partial charge in [-0.2, -0.15) is 0 Å². The van der Waals surface area contributed by atoms with Crippen LogP contribution in [0, 0.1) is 0 Å². The quantitative estimate of drug-likeness (QED) is 0.532. The highest BCUT2D eigenvalue weighted by Crippen LogP contribution is 2.48. The highest BCUT2D eigenvalue weighted by Gasteiger charge is 2.54. The lowest BCUT2D eigenvalue weighted by molar-refractivity contribution is 0.0218. The summed E-state index contributed by atoms with van der Waals surface area (Å²) in [5.41, 5.74) is -0.321. The van der Waals surface area contributed by atoms with E-state index in [-0.39, 0.29) is 12.2 Å². The summed E-state index contributed by atoms with van der Waals surface area (Å²) in [6.45, 7) is -0.0984. The molecule has 1 heterocycles. The first-order chi connectivity index (χ1) is 4.77. The van der Waals surface area contributed by atoms with Crippen LogP contribution in [0.3, 0.4) is 0 Å². The zero-order valence-corrected chi connectivity index (χ0v) is 5.58. The van der Waals surface area contributed by atoms with Crippen molar-refractivity contribution in [2.24, 2.45) is 0 Å². The predicted molar refractivity (Wildman–Crippen MR) is 34.2 cm³/mol. The Balaban J connectivity index is 2.11. The Bertz CT molecular complexity index is 181. The fraction of sp³-hybridized carbons (Fsp3) is 0.714. The fourth-order valence-electron chi connectivity index (χ4n) is 1.29. The van der Waals surface area contributed by atoms with E-state index in [1.165, 1.54) is 0 Å². The molecule has 3 nitrogen and oxygen atoms in total. The van der Waals surface area contributed by atoms with Crippen LogP contribution < -0.4 is 0 Å². The summed E-state index contributed by atoms with van der Waals surface area (Å²) in [4.78, 5) is 0. The molecule has 0 bridgehead atoms. The van der Waals surface area contributed by atoms with E-state index in [1.54, 1.807) is 6.08 Å². The minimum Gasteiger partial charge on any atom is -0.486 e. The van der Waals surface area contributed by atoms with Gasteiger partial charge in [-0.25, -0.2) is 0 Å². The molecule has 0 aromatic heterocycles. The molecule has 0 amide bonds. The first-order valence-electron chi connectivity index (χ1n) is 3.45. The van der Waals surface area contributed by atoms with Crippen LogP contribution in [0.1, 0.15) is 12.8 Å². The van der Waals surface area contributed by atoms with Gasteiger partial charge in [0.05, 0.1) is 0 Å². The lowest BCUT2D eigenvalue weighted by atomic mass is 10.2. The Morgan fingerprint density at radius 3 is 2.70 bits per heavy atom. The van der Waals surface area contributed by atoms with Gasteiger partial charge in [0.2, 0.25) is 0 Å². The van der Waals surface area contributed by atoms with E-state index in [0.29, 0.717) is 5.76 Å². The van der Waals surface area contributed by atoms with Gasteiger partial charge >= 0.3 is 0 Å². The minimum absolute atomic E-state index is 0.0984. The molecule has 2 aliphatic rings. The Morgan fingerprint density at radius 1 is 1.70 bits per heavy atom. The first kappa shape index (κ1) is 6.19. The molecule has 1 aliphatic heterocycles. The van der Waals surface area contributed by atoms with E-state index in [1.807, 2.05) is 0 Å². The number of aliphatic hydroxyl groups is 2. The summed E-state index contributed by atoms with van der Waals surface area (Å²) in [5, 5.41) is 17.9. The molecule has 1 aliphatic carbocycles. The highest BCUT2D eigenvalue weighted by atomic mass is 16.5. The van der Waals surface area contributed by atoms with Gasteiger partial charge in [-0.3, -0.25) is 0 Å². The minimum atomic E-state index is -0.491. The van der Waals surface area contributed by atoms with E-state index < -0.39 is 6.10 Å². The third-order valence-electron chi connectivity index (χ3n) is 2.12. The van der Waals surface area contributed by atoms with Gasteiger partial charge in [-0.05, 0) is 18.9 Å². The second kappa shape index (κ2) is 1.74. The summed E-state index contributed by atoms with van der Waals surface area (Å²) in [5.74, 6) is 0.519. The van der Waals surface area contributed by atoms with Crippen LogP contribution in [-0.2, 0) is 4.74 Å². The molecule has 1 atom stereocenters. The Labute approximate surface area is 58.9 Å². The van der Waals surface area contributed by atoms with Gasteiger partial charge in [0, 0.05) is 0 Å². The number of aliphatic hydroxyl groups excluding tert-OH is 2. The number of rotatable bonds is 1. The second-order valence-corrected chi connectivity index (χ2v) is 2.90. The molecule has 10 heavy (non-hydrogen) atoms. The van der Waals surface area contributed by atoms with Crippen LogP contribution in [0.25, 0.3) is 0 Å². The zero-order chi connectivity index (χ0) is 7.19. The van der Waals surface area contributed by atoms with Crippen LogP contribution in [0.5, 0.6) is 0 Å². The number of hydrogen-bond acceptors (Lipinski definition) is 3.